The summed E-state index contributed by atoms with van der Waals surface area (Å²) in [5, 5.41) is 2.48. The number of carbonyl (C=O) groups excluding carboxylic acids is 3. The van der Waals surface area contributed by atoms with Crippen LogP contribution in [0.25, 0.3) is 0 Å². The predicted molar refractivity (Wildman–Crippen MR) is 90.4 cm³/mol. The zero-order chi connectivity index (χ0) is 16.5. The van der Waals surface area contributed by atoms with Gasteiger partial charge in [0.1, 0.15) is 6.54 Å². The van der Waals surface area contributed by atoms with Gasteiger partial charge >= 0.3 is 5.97 Å². The zero-order valence-electron chi connectivity index (χ0n) is 12.6. The van der Waals surface area contributed by atoms with E-state index < -0.39 is 5.97 Å². The molecule has 0 unspecified atom stereocenters. The summed E-state index contributed by atoms with van der Waals surface area (Å²) in [4.78, 5) is 36.7. The van der Waals surface area contributed by atoms with Crippen LogP contribution in [0.4, 0.5) is 0 Å². The number of amides is 2. The summed E-state index contributed by atoms with van der Waals surface area (Å²) in [5.41, 5.74) is 0.495. The average molecular weight is 418 g/mol. The summed E-state index contributed by atoms with van der Waals surface area (Å²) >= 11 is 2.05. The highest BCUT2D eigenvalue weighted by Crippen LogP contribution is 2.10. The van der Waals surface area contributed by atoms with E-state index >= 15 is 0 Å². The number of likely N-dealkylation sites (N-methyl/N-ethyl adjacent to an activating group) is 1. The van der Waals surface area contributed by atoms with Gasteiger partial charge in [0.25, 0.3) is 11.8 Å². The van der Waals surface area contributed by atoms with Gasteiger partial charge < -0.3 is 15.0 Å². The van der Waals surface area contributed by atoms with Gasteiger partial charge in [0.05, 0.1) is 5.56 Å². The molecule has 0 aromatic heterocycles. The van der Waals surface area contributed by atoms with Crippen molar-refractivity contribution in [2.45, 2.75) is 13.8 Å². The first kappa shape index (κ1) is 18.4. The number of carbonyl (C=O) groups is 3. The monoisotopic (exact) mass is 418 g/mol. The highest BCUT2D eigenvalue weighted by atomic mass is 127. The van der Waals surface area contributed by atoms with E-state index in [4.69, 9.17) is 4.74 Å². The van der Waals surface area contributed by atoms with Crippen LogP contribution >= 0.6 is 22.6 Å². The van der Waals surface area contributed by atoms with Crippen LogP contribution in [0.5, 0.6) is 0 Å². The second-order valence-electron chi connectivity index (χ2n) is 4.39. The Morgan fingerprint density at radius 2 is 1.82 bits per heavy atom. The number of rotatable bonds is 7. The third-order valence-corrected chi connectivity index (χ3v) is 3.93. The van der Waals surface area contributed by atoms with E-state index in [2.05, 4.69) is 5.32 Å². The molecule has 0 aliphatic rings. The van der Waals surface area contributed by atoms with Gasteiger partial charge in [-0.25, -0.2) is 0 Å². The number of halogens is 1. The molecule has 7 heteroatoms. The van der Waals surface area contributed by atoms with Crippen LogP contribution in [0, 0.1) is 3.57 Å². The van der Waals surface area contributed by atoms with Gasteiger partial charge in [-0.3, -0.25) is 14.4 Å². The molecule has 0 bridgehead atoms. The molecule has 1 rings (SSSR count). The molecule has 22 heavy (non-hydrogen) atoms. The Bertz CT molecular complexity index is 544. The molecule has 1 aromatic carbocycles. The topological polar surface area (TPSA) is 75.7 Å². The van der Waals surface area contributed by atoms with E-state index in [1.54, 1.807) is 23.1 Å². The van der Waals surface area contributed by atoms with E-state index in [1.165, 1.54) is 0 Å². The van der Waals surface area contributed by atoms with Gasteiger partial charge in [0.15, 0.2) is 6.61 Å². The minimum absolute atomic E-state index is 0.248. The molecule has 0 atom stereocenters. The summed E-state index contributed by atoms with van der Waals surface area (Å²) in [6, 6.07) is 7.05. The first-order valence-corrected chi connectivity index (χ1v) is 8.03. The van der Waals surface area contributed by atoms with Crippen LogP contribution in [-0.4, -0.2) is 48.9 Å². The highest BCUT2D eigenvalue weighted by molar-refractivity contribution is 14.1. The summed E-state index contributed by atoms with van der Waals surface area (Å²) < 4.78 is 5.65. The van der Waals surface area contributed by atoms with Crippen LogP contribution in [0.2, 0.25) is 0 Å². The van der Waals surface area contributed by atoms with Crippen LogP contribution in [-0.2, 0) is 14.3 Å². The molecule has 0 aliphatic carbocycles. The normalized spacial score (nSPS) is 9.95. The van der Waals surface area contributed by atoms with Crippen LogP contribution in [0.1, 0.15) is 24.2 Å². The third-order valence-electron chi connectivity index (χ3n) is 2.98. The van der Waals surface area contributed by atoms with Crippen molar-refractivity contribution in [3.05, 3.63) is 33.4 Å². The van der Waals surface area contributed by atoms with Crippen molar-refractivity contribution in [1.29, 1.82) is 0 Å². The quantitative estimate of drug-likeness (QED) is 0.537. The van der Waals surface area contributed by atoms with Gasteiger partial charge in [-0.2, -0.15) is 0 Å². The van der Waals surface area contributed by atoms with Crippen molar-refractivity contribution in [2.24, 2.45) is 0 Å². The Morgan fingerprint density at radius 1 is 1.18 bits per heavy atom. The lowest BCUT2D eigenvalue weighted by Crippen LogP contribution is -2.36. The fraction of sp³-hybridized carbons (Fsp3) is 0.400. The minimum Gasteiger partial charge on any atom is -0.454 e. The van der Waals surface area contributed by atoms with Gasteiger partial charge in [-0.05, 0) is 48.6 Å². The van der Waals surface area contributed by atoms with Crippen molar-refractivity contribution in [3.63, 3.8) is 0 Å². The number of esters is 1. The van der Waals surface area contributed by atoms with Crippen molar-refractivity contribution in [3.8, 4) is 0 Å². The fourth-order valence-corrected chi connectivity index (χ4v) is 2.39. The van der Waals surface area contributed by atoms with Crippen LogP contribution in [0.3, 0.4) is 0 Å². The number of hydrogen-bond donors (Lipinski definition) is 1. The molecule has 6 nitrogen and oxygen atoms in total. The SMILES string of the molecule is CCN(CC)C(=O)COC(=O)CNC(=O)c1ccccc1I. The van der Waals surface area contributed by atoms with Gasteiger partial charge in [-0.1, -0.05) is 12.1 Å². The van der Waals surface area contributed by atoms with Gasteiger partial charge in [0, 0.05) is 16.7 Å². The molecule has 0 spiro atoms. The number of nitrogens with zero attached hydrogens (tertiary/aromatic N) is 1. The van der Waals surface area contributed by atoms with Crippen molar-refractivity contribution in [2.75, 3.05) is 26.2 Å². The first-order chi connectivity index (χ1) is 10.5. The second-order valence-corrected chi connectivity index (χ2v) is 5.55. The number of nitrogens with one attached hydrogen (secondary N) is 1. The Morgan fingerprint density at radius 3 is 2.41 bits per heavy atom. The van der Waals surface area contributed by atoms with E-state index in [-0.39, 0.29) is 25.0 Å². The lowest BCUT2D eigenvalue weighted by Gasteiger charge is -2.18. The smallest absolute Gasteiger partial charge is 0.325 e. The van der Waals surface area contributed by atoms with E-state index in [9.17, 15) is 14.4 Å². The molecule has 1 N–H and O–H groups in total. The van der Waals surface area contributed by atoms with Crippen molar-refractivity contribution < 1.29 is 19.1 Å². The van der Waals surface area contributed by atoms with Crippen LogP contribution in [0.15, 0.2) is 24.3 Å². The maximum atomic E-state index is 11.9. The Labute approximate surface area is 143 Å². The molecule has 2 amide bonds. The average Bonchev–Trinajstić information content (AvgIpc) is 2.52. The number of benzene rings is 1. The molecule has 1 aromatic rings. The van der Waals surface area contributed by atoms with Gasteiger partial charge in [-0.15, -0.1) is 0 Å². The molecule has 0 fully saturated rings. The molecule has 0 heterocycles. The molecule has 0 saturated heterocycles. The Kier molecular flexibility index (Phi) is 7.86. The maximum absolute atomic E-state index is 11.9. The fourth-order valence-electron chi connectivity index (χ4n) is 1.75. The third kappa shape index (κ3) is 5.63. The van der Waals surface area contributed by atoms with Crippen molar-refractivity contribution >= 4 is 40.4 Å². The van der Waals surface area contributed by atoms with Crippen molar-refractivity contribution in [1.82, 2.24) is 10.2 Å². The lowest BCUT2D eigenvalue weighted by atomic mass is 10.2. The Balaban J connectivity index is 2.39. The lowest BCUT2D eigenvalue weighted by molar-refractivity contribution is -0.151. The summed E-state index contributed by atoms with van der Waals surface area (Å²) in [6.07, 6.45) is 0. The summed E-state index contributed by atoms with van der Waals surface area (Å²) in [5.74, 6) is -1.24. The first-order valence-electron chi connectivity index (χ1n) is 6.95. The predicted octanol–water partition coefficient (Wildman–Crippen LogP) is 1.43. The Hall–Kier alpha value is -1.64. The van der Waals surface area contributed by atoms with E-state index in [1.807, 2.05) is 42.5 Å². The summed E-state index contributed by atoms with van der Waals surface area (Å²) in [7, 11) is 0. The van der Waals surface area contributed by atoms with E-state index in [0.717, 1.165) is 3.57 Å². The second kappa shape index (κ2) is 9.39. The largest absolute Gasteiger partial charge is 0.454 e. The summed E-state index contributed by atoms with van der Waals surface area (Å²) in [6.45, 7) is 4.26. The molecule has 0 saturated carbocycles. The highest BCUT2D eigenvalue weighted by Gasteiger charge is 2.14. The van der Waals surface area contributed by atoms with Gasteiger partial charge in [0.2, 0.25) is 0 Å². The molecular weight excluding hydrogens is 399 g/mol. The molecule has 0 aliphatic heterocycles. The molecular formula is C15H19IN2O4. The molecule has 0 radical (unpaired) electrons. The maximum Gasteiger partial charge on any atom is 0.325 e. The zero-order valence-corrected chi connectivity index (χ0v) is 14.8. The van der Waals surface area contributed by atoms with Crippen LogP contribution < -0.4 is 5.32 Å². The minimum atomic E-state index is -0.639. The number of ether oxygens (including phenoxy) is 1. The van der Waals surface area contributed by atoms with E-state index in [0.29, 0.717) is 18.7 Å². The standard InChI is InChI=1S/C15H19IN2O4/c1-3-18(4-2)13(19)10-22-14(20)9-17-15(21)11-7-5-6-8-12(11)16/h5-8H,3-4,9-10H2,1-2H3,(H,17,21). The number of hydrogen-bond acceptors (Lipinski definition) is 4. The molecule has 120 valence electrons.